The minimum atomic E-state index is 0.278. The average molecular weight is 125 g/mol. The molecule has 0 aliphatic carbocycles. The Kier molecular flexibility index (Phi) is 5.23. The summed E-state index contributed by atoms with van der Waals surface area (Å²) >= 11 is 0. The Bertz CT molecular complexity index is 86.6. The lowest BCUT2D eigenvalue weighted by molar-refractivity contribution is 0.630. The van der Waals surface area contributed by atoms with E-state index in [4.69, 9.17) is 5.73 Å². The largest absolute Gasteiger partial charge is 0.327 e. The molecular formula is C8H15N. The summed E-state index contributed by atoms with van der Waals surface area (Å²) in [6.45, 7) is 7.21. The molecule has 0 aromatic heterocycles. The molecule has 0 saturated carbocycles. The molecule has 9 heavy (non-hydrogen) atoms. The van der Waals surface area contributed by atoms with E-state index in [2.05, 4.69) is 13.2 Å². The molecule has 2 N–H and O–H groups in total. The van der Waals surface area contributed by atoms with Gasteiger partial charge in [-0.15, -0.1) is 13.2 Å². The molecule has 0 aliphatic heterocycles. The molecule has 0 heterocycles. The summed E-state index contributed by atoms with van der Waals surface area (Å²) in [5.74, 6) is 0. The van der Waals surface area contributed by atoms with Crippen LogP contribution in [0.15, 0.2) is 25.3 Å². The van der Waals surface area contributed by atoms with Crippen LogP contribution >= 0.6 is 0 Å². The van der Waals surface area contributed by atoms with Gasteiger partial charge in [-0.3, -0.25) is 0 Å². The first-order valence-corrected chi connectivity index (χ1v) is 3.28. The Labute approximate surface area is 57.3 Å². The van der Waals surface area contributed by atoms with Crippen LogP contribution in [0.25, 0.3) is 0 Å². The van der Waals surface area contributed by atoms with Gasteiger partial charge in [0.1, 0.15) is 0 Å². The fourth-order valence-corrected chi connectivity index (χ4v) is 0.664. The Hall–Kier alpha value is -0.560. The van der Waals surface area contributed by atoms with E-state index in [0.717, 1.165) is 19.3 Å². The third-order valence-corrected chi connectivity index (χ3v) is 1.21. The molecular weight excluding hydrogens is 110 g/mol. The van der Waals surface area contributed by atoms with Crippen molar-refractivity contribution in [2.24, 2.45) is 5.73 Å². The number of hydrogen-bond acceptors (Lipinski definition) is 1. The van der Waals surface area contributed by atoms with Gasteiger partial charge in [0, 0.05) is 6.04 Å². The highest BCUT2D eigenvalue weighted by molar-refractivity contribution is 4.78. The van der Waals surface area contributed by atoms with Crippen molar-refractivity contribution in [2.75, 3.05) is 0 Å². The van der Waals surface area contributed by atoms with Gasteiger partial charge in [0.15, 0.2) is 0 Å². The van der Waals surface area contributed by atoms with E-state index >= 15 is 0 Å². The molecule has 0 fully saturated rings. The maximum atomic E-state index is 5.65. The molecule has 52 valence electrons. The number of nitrogens with two attached hydrogens (primary N) is 1. The molecule has 0 amide bonds. The fourth-order valence-electron chi connectivity index (χ4n) is 0.664. The first-order chi connectivity index (χ1) is 4.31. The molecule has 0 radical (unpaired) electrons. The van der Waals surface area contributed by atoms with Gasteiger partial charge in [-0.1, -0.05) is 12.2 Å². The van der Waals surface area contributed by atoms with Gasteiger partial charge < -0.3 is 5.73 Å². The summed E-state index contributed by atoms with van der Waals surface area (Å²) in [5, 5.41) is 0. The smallest absolute Gasteiger partial charge is 0.00762 e. The van der Waals surface area contributed by atoms with Gasteiger partial charge in [-0.05, 0) is 19.3 Å². The summed E-state index contributed by atoms with van der Waals surface area (Å²) in [5.41, 5.74) is 5.65. The highest BCUT2D eigenvalue weighted by Gasteiger charge is 1.95. The van der Waals surface area contributed by atoms with Crippen molar-refractivity contribution in [1.82, 2.24) is 0 Å². The summed E-state index contributed by atoms with van der Waals surface area (Å²) < 4.78 is 0. The van der Waals surface area contributed by atoms with Crippen LogP contribution < -0.4 is 5.73 Å². The lowest BCUT2D eigenvalue weighted by Crippen LogP contribution is -2.17. The maximum Gasteiger partial charge on any atom is 0.00762 e. The number of rotatable bonds is 5. The SMILES string of the molecule is C=CCC[C@@H](N)CC=C. The monoisotopic (exact) mass is 125 g/mol. The van der Waals surface area contributed by atoms with E-state index in [1.807, 2.05) is 12.2 Å². The minimum Gasteiger partial charge on any atom is -0.327 e. The highest BCUT2D eigenvalue weighted by atomic mass is 14.6. The van der Waals surface area contributed by atoms with Crippen LogP contribution in [0.1, 0.15) is 19.3 Å². The van der Waals surface area contributed by atoms with E-state index in [-0.39, 0.29) is 6.04 Å². The summed E-state index contributed by atoms with van der Waals surface area (Å²) in [7, 11) is 0. The van der Waals surface area contributed by atoms with Crippen molar-refractivity contribution < 1.29 is 0 Å². The third-order valence-electron chi connectivity index (χ3n) is 1.21. The van der Waals surface area contributed by atoms with Crippen molar-refractivity contribution in [2.45, 2.75) is 25.3 Å². The second-order valence-corrected chi connectivity index (χ2v) is 2.15. The normalized spacial score (nSPS) is 12.6. The first-order valence-electron chi connectivity index (χ1n) is 3.28. The van der Waals surface area contributed by atoms with Crippen molar-refractivity contribution in [1.29, 1.82) is 0 Å². The fraction of sp³-hybridized carbons (Fsp3) is 0.500. The zero-order valence-corrected chi connectivity index (χ0v) is 5.84. The molecule has 0 bridgehead atoms. The Morgan fingerprint density at radius 3 is 2.44 bits per heavy atom. The maximum absolute atomic E-state index is 5.65. The summed E-state index contributed by atoms with van der Waals surface area (Å²) in [4.78, 5) is 0. The minimum absolute atomic E-state index is 0.278. The van der Waals surface area contributed by atoms with Gasteiger partial charge in [0.2, 0.25) is 0 Å². The molecule has 0 aromatic carbocycles. The van der Waals surface area contributed by atoms with Crippen molar-refractivity contribution in [3.05, 3.63) is 25.3 Å². The quantitative estimate of drug-likeness (QED) is 0.557. The van der Waals surface area contributed by atoms with Crippen LogP contribution in [0, 0.1) is 0 Å². The van der Waals surface area contributed by atoms with Crippen LogP contribution in [0.5, 0.6) is 0 Å². The average Bonchev–Trinajstić information content (AvgIpc) is 1.85. The standard InChI is InChI=1S/C8H15N/c1-3-5-7-8(9)6-4-2/h3-4,8H,1-2,5-7,9H2/t8-/m0/s1. The van der Waals surface area contributed by atoms with E-state index in [0.29, 0.717) is 0 Å². The Morgan fingerprint density at radius 2 is 2.00 bits per heavy atom. The van der Waals surface area contributed by atoms with Crippen molar-refractivity contribution >= 4 is 0 Å². The topological polar surface area (TPSA) is 26.0 Å². The van der Waals surface area contributed by atoms with Crippen LogP contribution in [-0.4, -0.2) is 6.04 Å². The van der Waals surface area contributed by atoms with Crippen LogP contribution in [0.2, 0.25) is 0 Å². The van der Waals surface area contributed by atoms with Crippen LogP contribution in [0.3, 0.4) is 0 Å². The van der Waals surface area contributed by atoms with Gasteiger partial charge in [-0.25, -0.2) is 0 Å². The lowest BCUT2D eigenvalue weighted by Gasteiger charge is -2.04. The molecule has 0 saturated heterocycles. The number of allylic oxidation sites excluding steroid dienone is 1. The lowest BCUT2D eigenvalue weighted by atomic mass is 10.1. The third kappa shape index (κ3) is 5.31. The van der Waals surface area contributed by atoms with E-state index in [1.54, 1.807) is 0 Å². The van der Waals surface area contributed by atoms with E-state index < -0.39 is 0 Å². The molecule has 0 rings (SSSR count). The Morgan fingerprint density at radius 1 is 1.33 bits per heavy atom. The van der Waals surface area contributed by atoms with Gasteiger partial charge in [-0.2, -0.15) is 0 Å². The zero-order valence-electron chi connectivity index (χ0n) is 5.84. The molecule has 1 nitrogen and oxygen atoms in total. The van der Waals surface area contributed by atoms with Gasteiger partial charge >= 0.3 is 0 Å². The molecule has 0 aliphatic rings. The van der Waals surface area contributed by atoms with Crippen molar-refractivity contribution in [3.63, 3.8) is 0 Å². The Balaban J connectivity index is 3.14. The molecule has 0 spiro atoms. The predicted octanol–water partition coefficient (Wildman–Crippen LogP) is 1.86. The number of hydrogen-bond donors (Lipinski definition) is 1. The van der Waals surface area contributed by atoms with Gasteiger partial charge in [0.25, 0.3) is 0 Å². The highest BCUT2D eigenvalue weighted by Crippen LogP contribution is 1.98. The van der Waals surface area contributed by atoms with Crippen LogP contribution in [0.4, 0.5) is 0 Å². The summed E-state index contributed by atoms with van der Waals surface area (Å²) in [6.07, 6.45) is 6.69. The molecule has 1 heteroatoms. The van der Waals surface area contributed by atoms with Crippen LogP contribution in [-0.2, 0) is 0 Å². The van der Waals surface area contributed by atoms with E-state index in [1.165, 1.54) is 0 Å². The summed E-state index contributed by atoms with van der Waals surface area (Å²) in [6, 6.07) is 0.278. The predicted molar refractivity (Wildman–Crippen MR) is 42.2 cm³/mol. The molecule has 0 aromatic rings. The van der Waals surface area contributed by atoms with E-state index in [9.17, 15) is 0 Å². The van der Waals surface area contributed by atoms with Crippen molar-refractivity contribution in [3.8, 4) is 0 Å². The van der Waals surface area contributed by atoms with Gasteiger partial charge in [0.05, 0.1) is 0 Å². The first kappa shape index (κ1) is 8.44. The molecule has 0 unspecified atom stereocenters. The molecule has 1 atom stereocenters. The second kappa shape index (κ2) is 5.57. The second-order valence-electron chi connectivity index (χ2n) is 2.15. The zero-order chi connectivity index (χ0) is 7.11.